The van der Waals surface area contributed by atoms with Gasteiger partial charge in [-0.25, -0.2) is 4.98 Å². The molecule has 0 spiro atoms. The van der Waals surface area contributed by atoms with E-state index in [-0.39, 0.29) is 23.5 Å². The van der Waals surface area contributed by atoms with Crippen molar-refractivity contribution in [3.63, 3.8) is 0 Å². The summed E-state index contributed by atoms with van der Waals surface area (Å²) >= 11 is 6.37. The Bertz CT molecular complexity index is 1210. The van der Waals surface area contributed by atoms with Gasteiger partial charge in [0, 0.05) is 24.7 Å². The number of allylic oxidation sites excluding steroid dienone is 3. The zero-order valence-electron chi connectivity index (χ0n) is 15.5. The zero-order chi connectivity index (χ0) is 21.3. The molecule has 1 aromatic carbocycles. The highest BCUT2D eigenvalue weighted by Gasteiger charge is 2.27. The van der Waals surface area contributed by atoms with Gasteiger partial charge in [0.1, 0.15) is 17.6 Å². The number of halogens is 2. The van der Waals surface area contributed by atoms with Crippen LogP contribution in [0.1, 0.15) is 22.5 Å². The predicted molar refractivity (Wildman–Crippen MR) is 109 cm³/mol. The first kappa shape index (κ1) is 19.6. The molecule has 1 aliphatic heterocycles. The van der Waals surface area contributed by atoms with Crippen molar-refractivity contribution in [2.75, 3.05) is 11.4 Å². The Morgan fingerprint density at radius 3 is 2.83 bits per heavy atom. The van der Waals surface area contributed by atoms with Crippen molar-refractivity contribution in [3.05, 3.63) is 93.9 Å². The van der Waals surface area contributed by atoms with Crippen molar-refractivity contribution in [2.24, 2.45) is 0 Å². The number of carbonyl (C=O) groups is 2. The number of nitrogens with one attached hydrogen (secondary N) is 1. The molecule has 6 nitrogen and oxygen atoms in total. The first-order chi connectivity index (χ1) is 14.5. The Morgan fingerprint density at radius 2 is 2.07 bits per heavy atom. The van der Waals surface area contributed by atoms with Gasteiger partial charge in [-0.2, -0.15) is 9.65 Å². The summed E-state index contributed by atoms with van der Waals surface area (Å²) in [5, 5.41) is 12.8. The van der Waals surface area contributed by atoms with E-state index in [2.05, 4.69) is 10.3 Å². The van der Waals surface area contributed by atoms with Gasteiger partial charge >= 0.3 is 0 Å². The van der Waals surface area contributed by atoms with Gasteiger partial charge in [0.2, 0.25) is 11.7 Å². The van der Waals surface area contributed by atoms with Gasteiger partial charge < -0.3 is 10.2 Å². The van der Waals surface area contributed by atoms with E-state index in [0.717, 1.165) is 11.6 Å². The molecule has 2 aromatic rings. The number of nitrogens with zero attached hydrogens (tertiary/aromatic N) is 3. The third kappa shape index (κ3) is 3.73. The maximum atomic E-state index is 13.6. The lowest BCUT2D eigenvalue weighted by molar-refractivity contribution is -0.114. The highest BCUT2D eigenvalue weighted by Crippen LogP contribution is 2.33. The quantitative estimate of drug-likeness (QED) is 0.463. The van der Waals surface area contributed by atoms with Crippen LogP contribution in [0.25, 0.3) is 0 Å². The molecule has 148 valence electrons. The van der Waals surface area contributed by atoms with Crippen molar-refractivity contribution in [3.8, 4) is 6.07 Å². The smallest absolute Gasteiger partial charge is 0.213 e. The molecule has 30 heavy (non-hydrogen) atoms. The number of carbonyl (C=O) groups excluding carboxylic acids is 2. The van der Waals surface area contributed by atoms with Crippen molar-refractivity contribution < 1.29 is 14.0 Å². The van der Waals surface area contributed by atoms with Crippen LogP contribution in [0, 0.1) is 17.3 Å². The van der Waals surface area contributed by atoms with Gasteiger partial charge in [-0.15, -0.1) is 0 Å². The molecular weight excluding hydrogens is 407 g/mol. The van der Waals surface area contributed by atoms with Gasteiger partial charge in [-0.3, -0.25) is 9.59 Å². The number of hydrogen-bond acceptors (Lipinski definition) is 6. The fourth-order valence-corrected chi connectivity index (χ4v) is 3.55. The molecule has 0 saturated carbocycles. The lowest BCUT2D eigenvalue weighted by atomic mass is 9.98. The molecule has 2 heterocycles. The average Bonchev–Trinajstić information content (AvgIpc) is 2.74. The van der Waals surface area contributed by atoms with Crippen LogP contribution < -0.4 is 10.2 Å². The van der Waals surface area contributed by atoms with E-state index >= 15 is 0 Å². The molecule has 0 fully saturated rings. The number of para-hydroxylation sites is 1. The normalized spacial score (nSPS) is 16.9. The molecule has 1 aromatic heterocycles. The number of anilines is 1. The van der Waals surface area contributed by atoms with E-state index in [1.54, 1.807) is 35.2 Å². The van der Waals surface area contributed by atoms with E-state index in [4.69, 9.17) is 11.6 Å². The van der Waals surface area contributed by atoms with Crippen LogP contribution in [-0.2, 0) is 4.79 Å². The number of rotatable bonds is 3. The second-order valence-electron chi connectivity index (χ2n) is 6.69. The molecule has 8 heteroatoms. The van der Waals surface area contributed by atoms with Crippen molar-refractivity contribution in [2.45, 2.75) is 6.42 Å². The van der Waals surface area contributed by atoms with E-state index in [1.807, 2.05) is 6.07 Å². The molecule has 0 unspecified atom stereocenters. The monoisotopic (exact) mass is 420 g/mol. The number of hydrogen-bond donors (Lipinski definition) is 1. The third-order valence-electron chi connectivity index (χ3n) is 4.73. The number of pyridine rings is 1. The minimum absolute atomic E-state index is 0.0132. The lowest BCUT2D eigenvalue weighted by Crippen LogP contribution is -2.40. The van der Waals surface area contributed by atoms with Crippen LogP contribution >= 0.6 is 11.6 Å². The SMILES string of the molecule is N#Cc1ccc(F)nc1C(=O)C=C1NC2=C(CC(=O)C=C2)CN1c1ccccc1Cl. The predicted octanol–water partition coefficient (Wildman–Crippen LogP) is 3.66. The molecule has 2 aliphatic rings. The molecule has 0 saturated heterocycles. The number of nitriles is 1. The Balaban J connectivity index is 1.79. The van der Waals surface area contributed by atoms with Gasteiger partial charge in [-0.05, 0) is 42.0 Å². The van der Waals surface area contributed by atoms with Gasteiger partial charge in [-0.1, -0.05) is 23.7 Å². The fraction of sp³-hybridized carbons (Fsp3) is 0.0909. The van der Waals surface area contributed by atoms with Gasteiger partial charge in [0.05, 0.1) is 16.3 Å². The van der Waals surface area contributed by atoms with Crippen molar-refractivity contribution in [1.29, 1.82) is 5.26 Å². The Morgan fingerprint density at radius 1 is 1.27 bits per heavy atom. The maximum absolute atomic E-state index is 13.6. The van der Waals surface area contributed by atoms with E-state index in [9.17, 15) is 19.2 Å². The standard InChI is InChI=1S/C22H14ClFN4O2/c23-16-3-1-2-4-18(16)28-12-14-9-15(29)6-7-17(14)26-21(28)10-19(30)22-13(11-25)5-8-20(24)27-22/h1-8,10,26H,9,12H2. The summed E-state index contributed by atoms with van der Waals surface area (Å²) in [4.78, 5) is 30.1. The van der Waals surface area contributed by atoms with Gasteiger partial charge in [0.15, 0.2) is 5.78 Å². The van der Waals surface area contributed by atoms with Crippen molar-refractivity contribution >= 4 is 28.9 Å². The summed E-state index contributed by atoms with van der Waals surface area (Å²) in [6.07, 6.45) is 4.63. The van der Waals surface area contributed by atoms with Crippen LogP contribution in [0.2, 0.25) is 5.02 Å². The van der Waals surface area contributed by atoms with E-state index in [1.165, 1.54) is 18.2 Å². The fourth-order valence-electron chi connectivity index (χ4n) is 3.32. The molecule has 0 atom stereocenters. The minimum atomic E-state index is -0.853. The van der Waals surface area contributed by atoms with Crippen LogP contribution in [-0.4, -0.2) is 23.1 Å². The van der Waals surface area contributed by atoms with E-state index < -0.39 is 11.7 Å². The summed E-state index contributed by atoms with van der Waals surface area (Å²) in [6.45, 7) is 0.336. The molecule has 0 radical (unpaired) electrons. The number of aromatic nitrogens is 1. The highest BCUT2D eigenvalue weighted by atomic mass is 35.5. The zero-order valence-corrected chi connectivity index (χ0v) is 16.3. The second kappa shape index (κ2) is 7.93. The summed E-state index contributed by atoms with van der Waals surface area (Å²) in [5.74, 6) is -1.12. The largest absolute Gasteiger partial charge is 0.341 e. The van der Waals surface area contributed by atoms with Crippen LogP contribution in [0.3, 0.4) is 0 Å². The van der Waals surface area contributed by atoms with Crippen LogP contribution in [0.4, 0.5) is 10.1 Å². The molecule has 4 rings (SSSR count). The molecule has 0 amide bonds. The molecule has 1 N–H and O–H groups in total. The maximum Gasteiger partial charge on any atom is 0.213 e. The highest BCUT2D eigenvalue weighted by molar-refractivity contribution is 6.33. The van der Waals surface area contributed by atoms with Crippen LogP contribution in [0.5, 0.6) is 0 Å². The lowest BCUT2D eigenvalue weighted by Gasteiger charge is -2.36. The average molecular weight is 421 g/mol. The van der Waals surface area contributed by atoms with Gasteiger partial charge in [0.25, 0.3) is 0 Å². The van der Waals surface area contributed by atoms with E-state index in [0.29, 0.717) is 28.8 Å². The minimum Gasteiger partial charge on any atom is -0.341 e. The molecule has 0 bridgehead atoms. The molecule has 1 aliphatic carbocycles. The first-order valence-electron chi connectivity index (χ1n) is 9.01. The van der Waals surface area contributed by atoms with Crippen molar-refractivity contribution in [1.82, 2.24) is 10.3 Å². The Hall–Kier alpha value is -3.76. The Labute approximate surface area is 176 Å². The summed E-state index contributed by atoms with van der Waals surface area (Å²) in [6, 6.07) is 11.2. The topological polar surface area (TPSA) is 86.1 Å². The summed E-state index contributed by atoms with van der Waals surface area (Å²) in [7, 11) is 0. The Kier molecular flexibility index (Phi) is 5.17. The number of benzene rings is 1. The van der Waals surface area contributed by atoms with Crippen LogP contribution in [0.15, 0.2) is 71.7 Å². The number of ketones is 2. The summed E-state index contributed by atoms with van der Waals surface area (Å²) < 4.78 is 13.6. The third-order valence-corrected chi connectivity index (χ3v) is 5.05. The first-order valence-corrected chi connectivity index (χ1v) is 9.39. The molecular formula is C22H14ClFN4O2. The second-order valence-corrected chi connectivity index (χ2v) is 7.10. The summed E-state index contributed by atoms with van der Waals surface area (Å²) in [5.41, 5.74) is 1.90.